The Balaban J connectivity index is 2.45. The molecule has 0 aromatic rings. The van der Waals surface area contributed by atoms with Crippen molar-refractivity contribution in [1.29, 1.82) is 0 Å². The van der Waals surface area contributed by atoms with E-state index in [2.05, 4.69) is 119 Å². The van der Waals surface area contributed by atoms with E-state index in [9.17, 15) is 24.9 Å². The molecule has 0 aliphatic carbocycles. The van der Waals surface area contributed by atoms with Crippen molar-refractivity contribution in [3.63, 3.8) is 0 Å². The highest BCUT2D eigenvalue weighted by atomic mass is 16.5. The number of aliphatic carboxylic acids is 3. The summed E-state index contributed by atoms with van der Waals surface area (Å²) >= 11 is 0. The number of carbonyl (C=O) groups is 4. The van der Waals surface area contributed by atoms with Crippen molar-refractivity contribution in [1.82, 2.24) is 14.7 Å². The van der Waals surface area contributed by atoms with Gasteiger partial charge in [0.2, 0.25) is 0 Å². The van der Waals surface area contributed by atoms with Crippen molar-refractivity contribution in [3.05, 3.63) is 0 Å². The minimum atomic E-state index is -2.37. The van der Waals surface area contributed by atoms with Crippen LogP contribution in [-0.2, 0) is 23.9 Å². The number of hydrogen-bond acceptors (Lipinski definition) is 8. The second-order valence-corrected chi connectivity index (χ2v) is 24.1. The molecule has 3 rings (SSSR count). The van der Waals surface area contributed by atoms with Crippen molar-refractivity contribution in [2.75, 3.05) is 27.7 Å². The smallest absolute Gasteiger partial charge is 0.313 e. The van der Waals surface area contributed by atoms with E-state index in [4.69, 9.17) is 4.74 Å². The summed E-state index contributed by atoms with van der Waals surface area (Å²) in [6, 6.07) is 0. The monoisotopic (exact) mass is 876 g/mol. The summed E-state index contributed by atoms with van der Waals surface area (Å²) in [5.74, 6) is -9.09. The fourth-order valence-corrected chi connectivity index (χ4v) is 13.7. The lowest BCUT2D eigenvalue weighted by Gasteiger charge is -2.68. The molecule has 3 fully saturated rings. The summed E-state index contributed by atoms with van der Waals surface area (Å²) in [4.78, 5) is 66.1. The standard InChI is InChI=1S/C51H93N3O8/c1-17-18-19-20-21-22-23-24-25-26-27-28-62-43(61)50(36-30-44(2,3)52(14)45(4,5)31-36,37-32-46(6,7)53(15)47(8,9)33-37)51(42(59)60,39(41(57)58)29-40(55)56)38-34-48(10,11)54(16)49(12,13)35-38/h36-39H,17-35H2,1-16H3,(H,55,56)(H,57,58)(H,59,60). The number of likely N-dealkylation sites (tertiary alicyclic amines) is 3. The van der Waals surface area contributed by atoms with Crippen LogP contribution in [0.2, 0.25) is 0 Å². The van der Waals surface area contributed by atoms with Crippen molar-refractivity contribution in [3.8, 4) is 0 Å². The fourth-order valence-electron chi connectivity index (χ4n) is 13.7. The van der Waals surface area contributed by atoms with E-state index in [0.29, 0.717) is 32.1 Å². The van der Waals surface area contributed by atoms with E-state index >= 15 is 9.59 Å². The molecule has 0 radical (unpaired) electrons. The molecule has 62 heavy (non-hydrogen) atoms. The SMILES string of the molecule is CCCCCCCCCCCCCOC(=O)C(C1CC(C)(C)N(C)C(C)(C)C1)(C1CC(C)(C)N(C)C(C)(C)C1)C(C(=O)O)(C1CC(C)(C)N(C)C(C)(C)C1)C(CC(=O)O)C(=O)O. The largest absolute Gasteiger partial charge is 0.481 e. The highest BCUT2D eigenvalue weighted by Crippen LogP contribution is 2.70. The van der Waals surface area contributed by atoms with Crippen LogP contribution in [0, 0.1) is 34.5 Å². The molecule has 0 amide bonds. The van der Waals surface area contributed by atoms with Gasteiger partial charge in [0.15, 0.2) is 0 Å². The van der Waals surface area contributed by atoms with Crippen LogP contribution in [0.25, 0.3) is 0 Å². The predicted molar refractivity (Wildman–Crippen MR) is 249 cm³/mol. The first-order valence-corrected chi connectivity index (χ1v) is 24.4. The van der Waals surface area contributed by atoms with Gasteiger partial charge in [0.25, 0.3) is 0 Å². The number of carboxylic acids is 3. The van der Waals surface area contributed by atoms with Crippen LogP contribution in [-0.4, -0.2) is 115 Å². The van der Waals surface area contributed by atoms with Gasteiger partial charge in [0.05, 0.1) is 24.4 Å². The highest BCUT2D eigenvalue weighted by molar-refractivity contribution is 5.94. The topological polar surface area (TPSA) is 148 Å². The van der Waals surface area contributed by atoms with E-state index in [-0.39, 0.29) is 19.4 Å². The molecule has 11 nitrogen and oxygen atoms in total. The molecule has 3 saturated heterocycles. The van der Waals surface area contributed by atoms with Crippen molar-refractivity contribution < 1.29 is 39.2 Å². The van der Waals surface area contributed by atoms with Gasteiger partial charge < -0.3 is 20.1 Å². The molecular weight excluding hydrogens is 783 g/mol. The molecule has 360 valence electrons. The molecule has 3 aliphatic heterocycles. The zero-order valence-electron chi connectivity index (χ0n) is 42.5. The van der Waals surface area contributed by atoms with Gasteiger partial charge in [0.1, 0.15) is 5.41 Å². The molecule has 11 heteroatoms. The fraction of sp³-hybridized carbons (Fsp3) is 0.922. The van der Waals surface area contributed by atoms with Crippen LogP contribution >= 0.6 is 0 Å². The second kappa shape index (κ2) is 20.1. The minimum Gasteiger partial charge on any atom is -0.481 e. The quantitative estimate of drug-likeness (QED) is 0.0705. The number of hydrogen-bond donors (Lipinski definition) is 3. The molecule has 3 heterocycles. The van der Waals surface area contributed by atoms with E-state index in [1.54, 1.807) is 0 Å². The summed E-state index contributed by atoms with van der Waals surface area (Å²) in [6.45, 7) is 27.5. The number of piperidine rings is 3. The van der Waals surface area contributed by atoms with Gasteiger partial charge in [-0.25, -0.2) is 0 Å². The van der Waals surface area contributed by atoms with Crippen LogP contribution in [0.15, 0.2) is 0 Å². The first-order chi connectivity index (χ1) is 28.3. The average Bonchev–Trinajstić information content (AvgIpc) is 3.12. The maximum atomic E-state index is 16.5. The summed E-state index contributed by atoms with van der Waals surface area (Å²) in [5, 5.41) is 34.8. The first-order valence-electron chi connectivity index (χ1n) is 24.4. The number of ether oxygens (including phenoxy) is 1. The molecule has 0 bridgehead atoms. The number of carbonyl (C=O) groups excluding carboxylic acids is 1. The van der Waals surface area contributed by atoms with Gasteiger partial charge in [0, 0.05) is 33.2 Å². The lowest BCUT2D eigenvalue weighted by atomic mass is 9.38. The Kier molecular flexibility index (Phi) is 17.5. The van der Waals surface area contributed by atoms with Crippen molar-refractivity contribution in [2.24, 2.45) is 34.5 Å². The Morgan fingerprint density at radius 1 is 0.532 bits per heavy atom. The van der Waals surface area contributed by atoms with E-state index in [0.717, 1.165) is 19.3 Å². The Bertz CT molecular complexity index is 1450. The van der Waals surface area contributed by atoms with Gasteiger partial charge in [-0.05, 0) is 167 Å². The summed E-state index contributed by atoms with van der Waals surface area (Å²) in [5.41, 5.74) is -7.70. The van der Waals surface area contributed by atoms with Crippen LogP contribution in [0.4, 0.5) is 0 Å². The molecule has 0 saturated carbocycles. The number of rotatable bonds is 22. The normalized spacial score (nSPS) is 24.8. The molecule has 3 aliphatic rings. The Morgan fingerprint density at radius 3 is 1.13 bits per heavy atom. The summed E-state index contributed by atoms with van der Waals surface area (Å²) in [6.07, 6.45) is 13.5. The number of carboxylic acid groups (broad SMARTS) is 3. The minimum absolute atomic E-state index is 0.0905. The summed E-state index contributed by atoms with van der Waals surface area (Å²) < 4.78 is 6.65. The first kappa shape index (κ1) is 54.1. The van der Waals surface area contributed by atoms with Gasteiger partial charge in [-0.3, -0.25) is 33.9 Å². The van der Waals surface area contributed by atoms with Crippen LogP contribution in [0.1, 0.15) is 206 Å². The van der Waals surface area contributed by atoms with Gasteiger partial charge in [-0.15, -0.1) is 0 Å². The lowest BCUT2D eigenvalue weighted by molar-refractivity contribution is -0.243. The third kappa shape index (κ3) is 10.9. The zero-order chi connectivity index (χ0) is 47.5. The Morgan fingerprint density at radius 2 is 0.839 bits per heavy atom. The Hall–Kier alpha value is -2.24. The molecule has 2 unspecified atom stereocenters. The zero-order valence-corrected chi connectivity index (χ0v) is 42.5. The molecule has 3 N–H and O–H groups in total. The predicted octanol–water partition coefficient (Wildman–Crippen LogP) is 10.8. The molecule has 0 spiro atoms. The van der Waals surface area contributed by atoms with Crippen molar-refractivity contribution in [2.45, 2.75) is 239 Å². The molecule has 2 atom stereocenters. The average molecular weight is 876 g/mol. The maximum Gasteiger partial charge on any atom is 0.313 e. The van der Waals surface area contributed by atoms with Gasteiger partial charge >= 0.3 is 23.9 Å². The van der Waals surface area contributed by atoms with Gasteiger partial charge in [-0.2, -0.15) is 0 Å². The van der Waals surface area contributed by atoms with Gasteiger partial charge in [-0.1, -0.05) is 71.1 Å². The van der Waals surface area contributed by atoms with Crippen LogP contribution in [0.3, 0.4) is 0 Å². The third-order valence-electron chi connectivity index (χ3n) is 17.4. The second-order valence-electron chi connectivity index (χ2n) is 24.1. The highest BCUT2D eigenvalue weighted by Gasteiger charge is 2.78. The number of esters is 1. The number of nitrogens with zero attached hydrogens (tertiary/aromatic N) is 3. The number of unbranched alkanes of at least 4 members (excludes halogenated alkanes) is 10. The Labute approximate surface area is 377 Å². The third-order valence-corrected chi connectivity index (χ3v) is 17.4. The molecule has 0 aromatic heterocycles. The molecule has 0 aromatic carbocycles. The van der Waals surface area contributed by atoms with Crippen LogP contribution in [0.5, 0.6) is 0 Å². The molecular formula is C51H93N3O8. The van der Waals surface area contributed by atoms with E-state index in [1.165, 1.54) is 44.9 Å². The van der Waals surface area contributed by atoms with Crippen LogP contribution < -0.4 is 0 Å². The maximum absolute atomic E-state index is 16.5. The van der Waals surface area contributed by atoms with E-state index in [1.807, 2.05) is 7.05 Å². The lowest BCUT2D eigenvalue weighted by Crippen LogP contribution is -2.75. The van der Waals surface area contributed by atoms with E-state index < -0.39 is 98.0 Å². The van der Waals surface area contributed by atoms with Crippen molar-refractivity contribution >= 4 is 23.9 Å². The summed E-state index contributed by atoms with van der Waals surface area (Å²) in [7, 11) is 6.16.